The fourth-order valence-corrected chi connectivity index (χ4v) is 6.41. The molecule has 1 N–H and O–H groups in total. The summed E-state index contributed by atoms with van der Waals surface area (Å²) >= 11 is 25.1. The summed E-state index contributed by atoms with van der Waals surface area (Å²) in [5.74, 6) is -0.793. The predicted molar refractivity (Wildman–Crippen MR) is 171 cm³/mol. The fourth-order valence-electron chi connectivity index (χ4n) is 4.21. The van der Waals surface area contributed by atoms with Gasteiger partial charge in [-0.3, -0.25) is 13.9 Å². The van der Waals surface area contributed by atoms with Crippen LogP contribution in [0.3, 0.4) is 0 Å². The van der Waals surface area contributed by atoms with Gasteiger partial charge in [0.2, 0.25) is 11.8 Å². The van der Waals surface area contributed by atoms with Crippen molar-refractivity contribution in [2.24, 2.45) is 5.92 Å². The molecular formula is C30H33Cl4N3O4S. The standard InChI is InChI=1S/C30H33Cl4N3O4S/c1-5-26(30(39)35-16-19(2)3)36(17-21-11-14-23(31)25(33)15-21)28(38)18-37(27-8-6-7-24(32)29(27)34)42(40,41)22-12-9-20(4)10-13-22/h6-15,19,26H,5,16-18H2,1-4H3,(H,35,39)/t26-/m1/s1. The molecule has 12 heteroatoms. The zero-order valence-electron chi connectivity index (χ0n) is 23.7. The first-order valence-corrected chi connectivity index (χ1v) is 16.3. The van der Waals surface area contributed by atoms with Gasteiger partial charge in [0.05, 0.1) is 30.7 Å². The van der Waals surface area contributed by atoms with E-state index in [4.69, 9.17) is 46.4 Å². The van der Waals surface area contributed by atoms with Crippen LogP contribution in [-0.4, -0.2) is 44.3 Å². The van der Waals surface area contributed by atoms with Crippen molar-refractivity contribution in [1.29, 1.82) is 0 Å². The lowest BCUT2D eigenvalue weighted by Crippen LogP contribution is -2.52. The Morgan fingerprint density at radius 3 is 2.17 bits per heavy atom. The van der Waals surface area contributed by atoms with Gasteiger partial charge in [0.15, 0.2) is 0 Å². The normalized spacial score (nSPS) is 12.2. The summed E-state index contributed by atoms with van der Waals surface area (Å²) in [5, 5.41) is 3.61. The Morgan fingerprint density at radius 1 is 0.905 bits per heavy atom. The molecular weight excluding hydrogens is 640 g/mol. The van der Waals surface area contributed by atoms with E-state index >= 15 is 0 Å². The van der Waals surface area contributed by atoms with Crippen LogP contribution in [0.5, 0.6) is 0 Å². The summed E-state index contributed by atoms with van der Waals surface area (Å²) < 4.78 is 28.9. The van der Waals surface area contributed by atoms with Crippen molar-refractivity contribution < 1.29 is 18.0 Å². The van der Waals surface area contributed by atoms with E-state index in [1.54, 1.807) is 43.3 Å². The predicted octanol–water partition coefficient (Wildman–Crippen LogP) is 7.38. The van der Waals surface area contributed by atoms with Crippen LogP contribution in [0.1, 0.15) is 38.3 Å². The number of amides is 2. The number of hydrogen-bond donors (Lipinski definition) is 1. The van der Waals surface area contributed by atoms with Crippen LogP contribution in [-0.2, 0) is 26.2 Å². The van der Waals surface area contributed by atoms with Crippen molar-refractivity contribution >= 4 is 73.9 Å². The average Bonchev–Trinajstić information content (AvgIpc) is 2.94. The van der Waals surface area contributed by atoms with Crippen molar-refractivity contribution in [3.63, 3.8) is 0 Å². The number of nitrogens with zero attached hydrogens (tertiary/aromatic N) is 2. The first kappa shape index (κ1) is 34.0. The van der Waals surface area contributed by atoms with Crippen LogP contribution in [0.2, 0.25) is 20.1 Å². The number of aryl methyl sites for hydroxylation is 1. The molecule has 3 aromatic carbocycles. The SMILES string of the molecule is CC[C@H](C(=O)NCC(C)C)N(Cc1ccc(Cl)c(Cl)c1)C(=O)CN(c1cccc(Cl)c1Cl)S(=O)(=O)c1ccc(C)cc1. The molecule has 7 nitrogen and oxygen atoms in total. The maximum absolute atomic E-state index is 14.2. The molecule has 0 saturated carbocycles. The number of anilines is 1. The van der Waals surface area contributed by atoms with Crippen LogP contribution in [0.25, 0.3) is 0 Å². The van der Waals surface area contributed by atoms with Crippen LogP contribution in [0, 0.1) is 12.8 Å². The largest absolute Gasteiger partial charge is 0.354 e. The van der Waals surface area contributed by atoms with E-state index in [-0.39, 0.29) is 50.4 Å². The molecule has 226 valence electrons. The fraction of sp³-hybridized carbons (Fsp3) is 0.333. The highest BCUT2D eigenvalue weighted by atomic mass is 35.5. The number of halogens is 4. The molecule has 0 aliphatic heterocycles. The van der Waals surface area contributed by atoms with Gasteiger partial charge >= 0.3 is 0 Å². The molecule has 0 bridgehead atoms. The lowest BCUT2D eigenvalue weighted by molar-refractivity contribution is -0.140. The summed E-state index contributed by atoms with van der Waals surface area (Å²) in [5.41, 5.74) is 1.51. The summed E-state index contributed by atoms with van der Waals surface area (Å²) in [6, 6.07) is 14.8. The molecule has 0 unspecified atom stereocenters. The molecule has 0 fully saturated rings. The first-order valence-electron chi connectivity index (χ1n) is 13.3. The van der Waals surface area contributed by atoms with E-state index < -0.39 is 28.5 Å². The molecule has 0 spiro atoms. The zero-order valence-corrected chi connectivity index (χ0v) is 27.5. The maximum atomic E-state index is 14.2. The minimum Gasteiger partial charge on any atom is -0.354 e. The monoisotopic (exact) mass is 671 g/mol. The molecule has 0 aliphatic carbocycles. The Labute approximate surface area is 267 Å². The second-order valence-electron chi connectivity index (χ2n) is 10.2. The maximum Gasteiger partial charge on any atom is 0.264 e. The van der Waals surface area contributed by atoms with Gasteiger partial charge in [-0.05, 0) is 61.2 Å². The number of rotatable bonds is 12. The average molecular weight is 673 g/mol. The van der Waals surface area contributed by atoms with Gasteiger partial charge in [-0.25, -0.2) is 8.42 Å². The Kier molecular flexibility index (Phi) is 12.0. The van der Waals surface area contributed by atoms with Gasteiger partial charge in [-0.15, -0.1) is 0 Å². The second-order valence-corrected chi connectivity index (χ2v) is 13.7. The second kappa shape index (κ2) is 14.8. The molecule has 42 heavy (non-hydrogen) atoms. The third-order valence-electron chi connectivity index (χ3n) is 6.50. The molecule has 0 saturated heterocycles. The smallest absolute Gasteiger partial charge is 0.264 e. The van der Waals surface area contributed by atoms with Crippen molar-refractivity contribution in [1.82, 2.24) is 10.2 Å². The minimum atomic E-state index is -4.29. The third-order valence-corrected chi connectivity index (χ3v) is 9.82. The number of sulfonamides is 1. The van der Waals surface area contributed by atoms with Gasteiger partial charge < -0.3 is 10.2 Å². The molecule has 0 aromatic heterocycles. The lowest BCUT2D eigenvalue weighted by Gasteiger charge is -2.33. The van der Waals surface area contributed by atoms with Crippen LogP contribution < -0.4 is 9.62 Å². The van der Waals surface area contributed by atoms with E-state index in [1.807, 2.05) is 20.8 Å². The highest BCUT2D eigenvalue weighted by Gasteiger charge is 2.34. The molecule has 0 aliphatic rings. The Balaban J connectivity index is 2.10. The number of hydrogen-bond acceptors (Lipinski definition) is 4. The van der Waals surface area contributed by atoms with E-state index in [9.17, 15) is 18.0 Å². The van der Waals surface area contributed by atoms with Crippen LogP contribution >= 0.6 is 46.4 Å². The Hall–Kier alpha value is -2.49. The Morgan fingerprint density at radius 2 is 1.57 bits per heavy atom. The molecule has 1 atom stereocenters. The molecule has 0 heterocycles. The lowest BCUT2D eigenvalue weighted by atomic mass is 10.1. The zero-order chi connectivity index (χ0) is 31.2. The van der Waals surface area contributed by atoms with Crippen molar-refractivity contribution in [2.75, 3.05) is 17.4 Å². The first-order chi connectivity index (χ1) is 19.8. The van der Waals surface area contributed by atoms with Crippen LogP contribution in [0.15, 0.2) is 65.6 Å². The summed E-state index contributed by atoms with van der Waals surface area (Å²) in [4.78, 5) is 28.8. The number of benzene rings is 3. The van der Waals surface area contributed by atoms with Gasteiger partial charge in [0.1, 0.15) is 12.6 Å². The topological polar surface area (TPSA) is 86.8 Å². The summed E-state index contributed by atoms with van der Waals surface area (Å²) in [6.45, 7) is 7.28. The summed E-state index contributed by atoms with van der Waals surface area (Å²) in [7, 11) is -4.29. The van der Waals surface area contributed by atoms with E-state index in [0.717, 1.165) is 9.87 Å². The number of carbonyl (C=O) groups excluding carboxylic acids is 2. The molecule has 0 radical (unpaired) electrons. The Bertz CT molecular complexity index is 1530. The highest BCUT2D eigenvalue weighted by molar-refractivity contribution is 7.92. The van der Waals surface area contributed by atoms with Crippen LogP contribution in [0.4, 0.5) is 5.69 Å². The molecule has 3 aromatic rings. The molecule has 2 amide bonds. The van der Waals surface area contributed by atoms with E-state index in [1.165, 1.54) is 29.2 Å². The van der Waals surface area contributed by atoms with Crippen molar-refractivity contribution in [3.05, 3.63) is 91.9 Å². The van der Waals surface area contributed by atoms with Gasteiger partial charge in [-0.1, -0.05) is 97.0 Å². The highest BCUT2D eigenvalue weighted by Crippen LogP contribution is 2.36. The quantitative estimate of drug-likeness (QED) is 0.218. The number of nitrogens with one attached hydrogen (secondary N) is 1. The van der Waals surface area contributed by atoms with Crippen molar-refractivity contribution in [3.8, 4) is 0 Å². The van der Waals surface area contributed by atoms with Gasteiger partial charge in [0, 0.05) is 13.1 Å². The molecule has 3 rings (SSSR count). The van der Waals surface area contributed by atoms with Crippen molar-refractivity contribution in [2.45, 2.75) is 51.6 Å². The minimum absolute atomic E-state index is 0.0228. The van der Waals surface area contributed by atoms with Gasteiger partial charge in [-0.2, -0.15) is 0 Å². The van der Waals surface area contributed by atoms with Gasteiger partial charge in [0.25, 0.3) is 10.0 Å². The summed E-state index contributed by atoms with van der Waals surface area (Å²) in [6.07, 6.45) is 0.277. The number of carbonyl (C=O) groups is 2. The van der Waals surface area contributed by atoms with E-state index in [0.29, 0.717) is 17.1 Å². The van der Waals surface area contributed by atoms with E-state index in [2.05, 4.69) is 5.32 Å². The third kappa shape index (κ3) is 8.32.